The second-order valence-electron chi connectivity index (χ2n) is 5.10. The van der Waals surface area contributed by atoms with Crippen LogP contribution >= 0.6 is 0 Å². The Morgan fingerprint density at radius 3 is 2.59 bits per heavy atom. The molecule has 0 bridgehead atoms. The van der Waals surface area contributed by atoms with Crippen LogP contribution < -0.4 is 5.32 Å². The van der Waals surface area contributed by atoms with E-state index >= 15 is 0 Å². The standard InChI is InChI=1S/C13H24N4/c1-17-11-15-16-13(17)9-10-14-12-7-5-3-2-4-6-8-12/h11-12,14H,2-10H2,1H3. The number of aryl methyl sites for hydroxylation is 1. The first kappa shape index (κ1) is 12.6. The van der Waals surface area contributed by atoms with Crippen molar-refractivity contribution >= 4 is 0 Å². The molecule has 0 amide bonds. The zero-order valence-corrected chi connectivity index (χ0v) is 10.9. The lowest BCUT2D eigenvalue weighted by atomic mass is 9.97. The number of aromatic nitrogens is 3. The van der Waals surface area contributed by atoms with E-state index < -0.39 is 0 Å². The van der Waals surface area contributed by atoms with Gasteiger partial charge in [-0.25, -0.2) is 0 Å². The van der Waals surface area contributed by atoms with Gasteiger partial charge in [0.25, 0.3) is 0 Å². The zero-order valence-electron chi connectivity index (χ0n) is 10.9. The van der Waals surface area contributed by atoms with Crippen LogP contribution in [-0.4, -0.2) is 27.4 Å². The summed E-state index contributed by atoms with van der Waals surface area (Å²) in [5.74, 6) is 1.07. The van der Waals surface area contributed by atoms with Gasteiger partial charge < -0.3 is 9.88 Å². The summed E-state index contributed by atoms with van der Waals surface area (Å²) in [6, 6.07) is 0.725. The molecule has 4 heteroatoms. The molecule has 96 valence electrons. The summed E-state index contributed by atoms with van der Waals surface area (Å²) in [4.78, 5) is 0. The fraction of sp³-hybridized carbons (Fsp3) is 0.846. The number of hydrogen-bond acceptors (Lipinski definition) is 3. The van der Waals surface area contributed by atoms with Crippen molar-refractivity contribution in [3.63, 3.8) is 0 Å². The molecule has 1 aliphatic carbocycles. The van der Waals surface area contributed by atoms with E-state index in [1.54, 1.807) is 6.33 Å². The van der Waals surface area contributed by atoms with E-state index in [0.717, 1.165) is 24.8 Å². The highest BCUT2D eigenvalue weighted by Gasteiger charge is 2.10. The monoisotopic (exact) mass is 236 g/mol. The first-order valence-electron chi connectivity index (χ1n) is 6.92. The molecule has 17 heavy (non-hydrogen) atoms. The van der Waals surface area contributed by atoms with Crippen LogP contribution in [0.1, 0.15) is 50.8 Å². The second kappa shape index (κ2) is 6.74. The molecule has 1 N–H and O–H groups in total. The summed E-state index contributed by atoms with van der Waals surface area (Å²) < 4.78 is 2.00. The van der Waals surface area contributed by atoms with Gasteiger partial charge >= 0.3 is 0 Å². The fourth-order valence-corrected chi connectivity index (χ4v) is 2.58. The number of hydrogen-bond donors (Lipinski definition) is 1. The molecule has 1 aromatic rings. The Labute approximate surface area is 104 Å². The number of nitrogens with one attached hydrogen (secondary N) is 1. The Morgan fingerprint density at radius 2 is 1.94 bits per heavy atom. The molecule has 1 fully saturated rings. The SMILES string of the molecule is Cn1cnnc1CCNC1CCCCCCC1. The number of rotatable bonds is 4. The van der Waals surface area contributed by atoms with E-state index in [4.69, 9.17) is 0 Å². The molecule has 0 atom stereocenters. The average Bonchev–Trinajstić information content (AvgIpc) is 2.67. The van der Waals surface area contributed by atoms with Crippen LogP contribution in [0, 0.1) is 0 Å². The van der Waals surface area contributed by atoms with Crippen LogP contribution in [0.25, 0.3) is 0 Å². The van der Waals surface area contributed by atoms with Crippen molar-refractivity contribution in [1.82, 2.24) is 20.1 Å². The third-order valence-corrected chi connectivity index (χ3v) is 3.69. The van der Waals surface area contributed by atoms with Gasteiger partial charge in [0.15, 0.2) is 0 Å². The highest BCUT2D eigenvalue weighted by atomic mass is 15.2. The minimum atomic E-state index is 0.725. The molecular formula is C13H24N4. The molecule has 1 aliphatic rings. The van der Waals surface area contributed by atoms with Gasteiger partial charge in [-0.1, -0.05) is 32.1 Å². The second-order valence-corrected chi connectivity index (χ2v) is 5.10. The third-order valence-electron chi connectivity index (χ3n) is 3.69. The predicted octanol–water partition coefficient (Wildman–Crippen LogP) is 2.06. The lowest BCUT2D eigenvalue weighted by molar-refractivity contribution is 0.390. The van der Waals surface area contributed by atoms with Crippen molar-refractivity contribution in [2.45, 2.75) is 57.4 Å². The molecule has 0 aliphatic heterocycles. The molecule has 4 nitrogen and oxygen atoms in total. The van der Waals surface area contributed by atoms with Crippen molar-refractivity contribution < 1.29 is 0 Å². The third kappa shape index (κ3) is 4.11. The van der Waals surface area contributed by atoms with Crippen LogP contribution in [0.15, 0.2) is 6.33 Å². The maximum absolute atomic E-state index is 4.10. The Hall–Kier alpha value is -0.900. The van der Waals surface area contributed by atoms with Gasteiger partial charge in [-0.3, -0.25) is 0 Å². The van der Waals surface area contributed by atoms with E-state index in [2.05, 4.69) is 15.5 Å². The maximum atomic E-state index is 4.10. The minimum absolute atomic E-state index is 0.725. The summed E-state index contributed by atoms with van der Waals surface area (Å²) in [6.45, 7) is 1.02. The van der Waals surface area contributed by atoms with Crippen molar-refractivity contribution in [3.8, 4) is 0 Å². The molecule has 0 spiro atoms. The van der Waals surface area contributed by atoms with Crippen molar-refractivity contribution in [3.05, 3.63) is 12.2 Å². The van der Waals surface area contributed by atoms with Gasteiger partial charge in [-0.2, -0.15) is 0 Å². The van der Waals surface area contributed by atoms with Gasteiger partial charge in [0.2, 0.25) is 0 Å². The molecule has 0 radical (unpaired) electrons. The first-order chi connectivity index (χ1) is 8.36. The molecule has 1 heterocycles. The zero-order chi connectivity index (χ0) is 11.9. The quantitative estimate of drug-likeness (QED) is 0.870. The Balaban J connectivity index is 1.68. The van der Waals surface area contributed by atoms with Crippen molar-refractivity contribution in [2.75, 3.05) is 6.54 Å². The van der Waals surface area contributed by atoms with Crippen molar-refractivity contribution in [1.29, 1.82) is 0 Å². The normalized spacial score (nSPS) is 18.9. The lowest BCUT2D eigenvalue weighted by Gasteiger charge is -2.20. The Kier molecular flexibility index (Phi) is 4.98. The summed E-state index contributed by atoms with van der Waals surface area (Å²) in [6.07, 6.45) is 12.5. The largest absolute Gasteiger partial charge is 0.321 e. The summed E-state index contributed by atoms with van der Waals surface area (Å²) >= 11 is 0. The molecule has 2 rings (SSSR count). The van der Waals surface area contributed by atoms with Crippen LogP contribution in [0.5, 0.6) is 0 Å². The summed E-state index contributed by atoms with van der Waals surface area (Å²) in [5, 5.41) is 11.7. The van der Waals surface area contributed by atoms with Crippen LogP contribution in [0.3, 0.4) is 0 Å². The van der Waals surface area contributed by atoms with Gasteiger partial charge in [0, 0.05) is 26.1 Å². The topological polar surface area (TPSA) is 42.7 Å². The highest BCUT2D eigenvalue weighted by molar-refractivity contribution is 4.85. The van der Waals surface area contributed by atoms with E-state index in [0.29, 0.717) is 0 Å². The molecule has 0 aromatic carbocycles. The molecule has 1 saturated carbocycles. The fourth-order valence-electron chi connectivity index (χ4n) is 2.58. The molecule has 0 unspecified atom stereocenters. The first-order valence-corrected chi connectivity index (χ1v) is 6.92. The lowest BCUT2D eigenvalue weighted by Crippen LogP contribution is -2.31. The van der Waals surface area contributed by atoms with E-state index in [1.165, 1.54) is 44.9 Å². The maximum Gasteiger partial charge on any atom is 0.133 e. The molecule has 1 aromatic heterocycles. The predicted molar refractivity (Wildman–Crippen MR) is 68.8 cm³/mol. The van der Waals surface area contributed by atoms with Crippen molar-refractivity contribution in [2.24, 2.45) is 7.05 Å². The van der Waals surface area contributed by atoms with Gasteiger partial charge in [-0.15, -0.1) is 10.2 Å². The van der Waals surface area contributed by atoms with Gasteiger partial charge in [-0.05, 0) is 12.8 Å². The van der Waals surface area contributed by atoms with E-state index in [1.807, 2.05) is 11.6 Å². The van der Waals surface area contributed by atoms with Gasteiger partial charge in [0.05, 0.1) is 0 Å². The minimum Gasteiger partial charge on any atom is -0.321 e. The molecular weight excluding hydrogens is 212 g/mol. The van der Waals surface area contributed by atoms with Crippen LogP contribution in [-0.2, 0) is 13.5 Å². The average molecular weight is 236 g/mol. The Morgan fingerprint density at radius 1 is 1.24 bits per heavy atom. The molecule has 0 saturated heterocycles. The van der Waals surface area contributed by atoms with E-state index in [9.17, 15) is 0 Å². The Bertz CT molecular complexity index is 313. The van der Waals surface area contributed by atoms with Crippen LogP contribution in [0.4, 0.5) is 0 Å². The van der Waals surface area contributed by atoms with Crippen LogP contribution in [0.2, 0.25) is 0 Å². The smallest absolute Gasteiger partial charge is 0.133 e. The van der Waals surface area contributed by atoms with E-state index in [-0.39, 0.29) is 0 Å². The summed E-state index contributed by atoms with van der Waals surface area (Å²) in [5.41, 5.74) is 0. The summed E-state index contributed by atoms with van der Waals surface area (Å²) in [7, 11) is 2.01. The highest BCUT2D eigenvalue weighted by Crippen LogP contribution is 2.16. The van der Waals surface area contributed by atoms with Gasteiger partial charge in [0.1, 0.15) is 12.2 Å². The number of nitrogens with zero attached hydrogens (tertiary/aromatic N) is 3.